The lowest BCUT2D eigenvalue weighted by Crippen LogP contribution is -2.09. The van der Waals surface area contributed by atoms with E-state index in [1.807, 2.05) is 0 Å². The molecule has 0 saturated carbocycles. The molecule has 130 valence electrons. The molecule has 0 aliphatic heterocycles. The minimum atomic E-state index is -0.483. The van der Waals surface area contributed by atoms with Crippen molar-refractivity contribution in [2.24, 2.45) is 0 Å². The summed E-state index contributed by atoms with van der Waals surface area (Å²) in [5.74, 6) is 0.319. The fourth-order valence-corrected chi connectivity index (χ4v) is 1.66. The molecule has 24 heavy (non-hydrogen) atoms. The van der Waals surface area contributed by atoms with E-state index in [1.54, 1.807) is 45.4 Å². The van der Waals surface area contributed by atoms with E-state index in [9.17, 15) is 9.59 Å². The summed E-state index contributed by atoms with van der Waals surface area (Å²) in [6, 6.07) is 5.27. The van der Waals surface area contributed by atoms with Gasteiger partial charge in [0, 0.05) is 24.1 Å². The zero-order valence-corrected chi connectivity index (χ0v) is 14.2. The van der Waals surface area contributed by atoms with Crippen LogP contribution in [0.25, 0.3) is 6.08 Å². The number of rotatable bonds is 9. The zero-order valence-electron chi connectivity index (χ0n) is 14.2. The molecule has 1 rings (SSSR count). The summed E-state index contributed by atoms with van der Waals surface area (Å²) in [6.45, 7) is 5.38. The lowest BCUT2D eigenvalue weighted by Gasteiger charge is -2.06. The van der Waals surface area contributed by atoms with Crippen molar-refractivity contribution in [2.75, 3.05) is 27.4 Å². The van der Waals surface area contributed by atoms with Gasteiger partial charge in [-0.15, -0.1) is 0 Å². The Morgan fingerprint density at radius 1 is 1.04 bits per heavy atom. The van der Waals surface area contributed by atoms with Crippen molar-refractivity contribution < 1.29 is 28.5 Å². The van der Waals surface area contributed by atoms with E-state index in [4.69, 9.17) is 18.9 Å². The number of ether oxygens (including phenoxy) is 4. The molecule has 0 fully saturated rings. The molecule has 0 heterocycles. The molecule has 0 saturated heterocycles. The lowest BCUT2D eigenvalue weighted by molar-refractivity contribution is -0.140. The van der Waals surface area contributed by atoms with Gasteiger partial charge in [0.1, 0.15) is 11.5 Å². The molecule has 0 unspecified atom stereocenters. The summed E-state index contributed by atoms with van der Waals surface area (Å²) in [5, 5.41) is 0. The van der Waals surface area contributed by atoms with Crippen molar-refractivity contribution in [3.05, 3.63) is 42.0 Å². The monoisotopic (exact) mass is 334 g/mol. The van der Waals surface area contributed by atoms with Crippen LogP contribution in [0.2, 0.25) is 0 Å². The summed E-state index contributed by atoms with van der Waals surface area (Å²) in [5.41, 5.74) is 1.09. The first kappa shape index (κ1) is 19.3. The first-order valence-electron chi connectivity index (χ1n) is 7.36. The summed E-state index contributed by atoms with van der Waals surface area (Å²) in [7, 11) is 3.11. The fraction of sp³-hybridized carbons (Fsp3) is 0.333. The third-order valence-electron chi connectivity index (χ3n) is 2.90. The van der Waals surface area contributed by atoms with Crippen LogP contribution in [-0.2, 0) is 19.1 Å². The number of carbonyl (C=O) groups is 2. The Hall–Kier alpha value is -2.76. The van der Waals surface area contributed by atoms with Crippen molar-refractivity contribution in [2.45, 2.75) is 13.3 Å². The second-order valence-corrected chi connectivity index (χ2v) is 4.92. The molecule has 0 aliphatic rings. The second kappa shape index (κ2) is 10.1. The largest absolute Gasteiger partial charge is 0.497 e. The van der Waals surface area contributed by atoms with E-state index in [0.29, 0.717) is 23.5 Å². The van der Waals surface area contributed by atoms with Gasteiger partial charge >= 0.3 is 11.9 Å². The van der Waals surface area contributed by atoms with Crippen molar-refractivity contribution in [1.29, 1.82) is 0 Å². The number of hydrogen-bond donors (Lipinski definition) is 0. The normalized spacial score (nSPS) is 10.3. The molecule has 6 heteroatoms. The summed E-state index contributed by atoms with van der Waals surface area (Å²) in [6.07, 6.45) is 3.34. The smallest absolute Gasteiger partial charge is 0.333 e. The quantitative estimate of drug-likeness (QED) is 0.393. The van der Waals surface area contributed by atoms with Crippen molar-refractivity contribution in [3.63, 3.8) is 0 Å². The van der Waals surface area contributed by atoms with Crippen LogP contribution in [0.5, 0.6) is 11.5 Å². The van der Waals surface area contributed by atoms with Crippen LogP contribution in [0.4, 0.5) is 0 Å². The third-order valence-corrected chi connectivity index (χ3v) is 2.90. The Bertz CT molecular complexity index is 596. The number of benzene rings is 1. The van der Waals surface area contributed by atoms with Gasteiger partial charge in [0.25, 0.3) is 0 Å². The Kier molecular flexibility index (Phi) is 8.11. The molecule has 0 spiro atoms. The highest BCUT2D eigenvalue weighted by Crippen LogP contribution is 2.23. The Morgan fingerprint density at radius 3 is 2.17 bits per heavy atom. The van der Waals surface area contributed by atoms with Crippen LogP contribution in [-0.4, -0.2) is 39.4 Å². The Labute approximate surface area is 141 Å². The van der Waals surface area contributed by atoms with Gasteiger partial charge in [-0.2, -0.15) is 0 Å². The molecule has 0 amide bonds. The molecule has 1 aromatic rings. The molecular formula is C18H22O6. The zero-order chi connectivity index (χ0) is 17.9. The standard InChI is InChI=1S/C18H22O6/c1-13(2)18(20)24-9-5-8-23-17(19)7-6-14-10-15(21-3)12-16(11-14)22-4/h6-7,10-12H,1,5,8-9H2,2-4H3/b7-6+. The van der Waals surface area contributed by atoms with Gasteiger partial charge < -0.3 is 18.9 Å². The third kappa shape index (κ3) is 7.00. The Morgan fingerprint density at radius 2 is 1.62 bits per heavy atom. The van der Waals surface area contributed by atoms with Crippen molar-refractivity contribution >= 4 is 18.0 Å². The molecule has 0 radical (unpaired) electrons. The second-order valence-electron chi connectivity index (χ2n) is 4.92. The van der Waals surface area contributed by atoms with E-state index < -0.39 is 11.9 Å². The van der Waals surface area contributed by atoms with Crippen LogP contribution in [0.3, 0.4) is 0 Å². The molecular weight excluding hydrogens is 312 g/mol. The highest BCUT2D eigenvalue weighted by molar-refractivity contribution is 5.87. The van der Waals surface area contributed by atoms with Gasteiger partial charge in [0.15, 0.2) is 0 Å². The van der Waals surface area contributed by atoms with Crippen molar-refractivity contribution in [3.8, 4) is 11.5 Å². The van der Waals surface area contributed by atoms with Crippen molar-refractivity contribution in [1.82, 2.24) is 0 Å². The maximum atomic E-state index is 11.6. The maximum absolute atomic E-state index is 11.6. The molecule has 0 aliphatic carbocycles. The van der Waals surface area contributed by atoms with E-state index >= 15 is 0 Å². The van der Waals surface area contributed by atoms with E-state index in [2.05, 4.69) is 6.58 Å². The maximum Gasteiger partial charge on any atom is 0.333 e. The van der Waals surface area contributed by atoms with Gasteiger partial charge in [-0.25, -0.2) is 9.59 Å². The molecule has 1 aromatic carbocycles. The number of esters is 2. The van der Waals surface area contributed by atoms with Gasteiger partial charge in [-0.05, 0) is 30.7 Å². The Balaban J connectivity index is 2.41. The van der Waals surface area contributed by atoms with Crippen LogP contribution >= 0.6 is 0 Å². The molecule has 6 nitrogen and oxygen atoms in total. The molecule has 0 N–H and O–H groups in total. The highest BCUT2D eigenvalue weighted by Gasteiger charge is 2.04. The van der Waals surface area contributed by atoms with Crippen LogP contribution in [0, 0.1) is 0 Å². The average Bonchev–Trinajstić information content (AvgIpc) is 2.58. The predicted octanol–water partition coefficient (Wildman–Crippen LogP) is 2.77. The van der Waals surface area contributed by atoms with Gasteiger partial charge in [0.2, 0.25) is 0 Å². The highest BCUT2D eigenvalue weighted by atomic mass is 16.5. The number of methoxy groups -OCH3 is 2. The van der Waals surface area contributed by atoms with E-state index in [0.717, 1.165) is 5.56 Å². The molecule has 0 atom stereocenters. The minimum absolute atomic E-state index is 0.161. The number of carbonyl (C=O) groups excluding carboxylic acids is 2. The number of hydrogen-bond acceptors (Lipinski definition) is 6. The first-order chi connectivity index (χ1) is 11.5. The van der Waals surface area contributed by atoms with Crippen LogP contribution < -0.4 is 9.47 Å². The van der Waals surface area contributed by atoms with Crippen LogP contribution in [0.15, 0.2) is 36.4 Å². The SMILES string of the molecule is C=C(C)C(=O)OCCCOC(=O)/C=C/c1cc(OC)cc(OC)c1. The van der Waals surface area contributed by atoms with Gasteiger partial charge in [-0.1, -0.05) is 6.58 Å². The summed E-state index contributed by atoms with van der Waals surface area (Å²) in [4.78, 5) is 22.8. The minimum Gasteiger partial charge on any atom is -0.497 e. The summed E-state index contributed by atoms with van der Waals surface area (Å²) < 4.78 is 20.2. The average molecular weight is 334 g/mol. The molecule has 0 aromatic heterocycles. The molecule has 0 bridgehead atoms. The fourth-order valence-electron chi connectivity index (χ4n) is 1.66. The van der Waals surface area contributed by atoms with E-state index in [1.165, 1.54) is 6.08 Å². The van der Waals surface area contributed by atoms with Crippen LogP contribution in [0.1, 0.15) is 18.9 Å². The predicted molar refractivity (Wildman–Crippen MR) is 89.9 cm³/mol. The first-order valence-corrected chi connectivity index (χ1v) is 7.36. The van der Waals surface area contributed by atoms with Gasteiger partial charge in [-0.3, -0.25) is 0 Å². The summed E-state index contributed by atoms with van der Waals surface area (Å²) >= 11 is 0. The lowest BCUT2D eigenvalue weighted by atomic mass is 10.2. The van der Waals surface area contributed by atoms with E-state index in [-0.39, 0.29) is 13.2 Å². The van der Waals surface area contributed by atoms with Gasteiger partial charge in [0.05, 0.1) is 27.4 Å². The topological polar surface area (TPSA) is 71.1 Å².